The summed E-state index contributed by atoms with van der Waals surface area (Å²) in [7, 11) is 3.06. The van der Waals surface area contributed by atoms with Crippen LogP contribution in [0.2, 0.25) is 0 Å². The molecule has 0 aliphatic heterocycles. The molecule has 0 spiro atoms. The molecule has 0 unspecified atom stereocenters. The van der Waals surface area contributed by atoms with Gasteiger partial charge in [-0.2, -0.15) is 0 Å². The fraction of sp³-hybridized carbons (Fsp3) is 0.172. The smallest absolute Gasteiger partial charge is 0.322 e. The summed E-state index contributed by atoms with van der Waals surface area (Å²) < 4.78 is 29.9. The number of ketones is 1. The summed E-state index contributed by atoms with van der Waals surface area (Å²) in [5, 5.41) is 14.5. The van der Waals surface area contributed by atoms with Crippen molar-refractivity contribution in [1.29, 1.82) is 5.41 Å². The minimum atomic E-state index is -0.820. The first-order valence-electron chi connectivity index (χ1n) is 12.5. The second-order valence-electron chi connectivity index (χ2n) is 9.05. The highest BCUT2D eigenvalue weighted by Crippen LogP contribution is 2.36. The molecule has 1 amide bonds. The lowest BCUT2D eigenvalue weighted by Crippen LogP contribution is -2.28. The summed E-state index contributed by atoms with van der Waals surface area (Å²) in [6.07, 6.45) is 7.37. The quantitative estimate of drug-likeness (QED) is 0.107. The molecule has 0 bridgehead atoms. The molecular weight excluding hydrogens is 531 g/mol. The molecule has 0 radical (unpaired) electrons. The Kier molecular flexibility index (Phi) is 7.81. The van der Waals surface area contributed by atoms with Crippen LogP contribution in [0.5, 0.6) is 23.3 Å². The number of anilines is 1. The summed E-state index contributed by atoms with van der Waals surface area (Å²) in [6, 6.07) is 10.2. The van der Waals surface area contributed by atoms with Crippen LogP contribution in [0.1, 0.15) is 18.4 Å². The van der Waals surface area contributed by atoms with Crippen LogP contribution in [-0.4, -0.2) is 52.6 Å². The number of halogens is 1. The predicted octanol–water partition coefficient (Wildman–Crippen LogP) is 4.18. The molecule has 2 heterocycles. The van der Waals surface area contributed by atoms with E-state index in [1.165, 1.54) is 44.9 Å². The lowest BCUT2D eigenvalue weighted by atomic mass is 10.0. The van der Waals surface area contributed by atoms with Gasteiger partial charge in [0.1, 0.15) is 22.9 Å². The number of fused-ring (bicyclic) bond motifs is 1. The number of nitrogens with zero attached hydrogens (tertiary/aromatic N) is 3. The number of aromatic nitrogens is 3. The van der Waals surface area contributed by atoms with E-state index in [0.29, 0.717) is 28.2 Å². The standard InChI is InChI=1S/C29H25FN6O5/c1-39-24-11-20-22(12-25(24)40-2)32-10-9-23(20)41-29-34-13-19(14-35-29)36-28(38)21(15-33-18-7-8-18)27(37)26(31)16-3-5-17(30)6-4-16/h3-6,9-15,18,31,33H,7-8H2,1-2H3,(H,36,38)/b21-15+,31-26?. The largest absolute Gasteiger partial charge is 0.493 e. The van der Waals surface area contributed by atoms with Crippen molar-refractivity contribution in [3.63, 3.8) is 0 Å². The summed E-state index contributed by atoms with van der Waals surface area (Å²) in [5.41, 5.74) is 0.277. The summed E-state index contributed by atoms with van der Waals surface area (Å²) in [6.45, 7) is 0. The van der Waals surface area contributed by atoms with Gasteiger partial charge < -0.3 is 24.8 Å². The third-order valence-electron chi connectivity index (χ3n) is 6.18. The van der Waals surface area contributed by atoms with E-state index in [4.69, 9.17) is 19.6 Å². The van der Waals surface area contributed by atoms with Crippen molar-refractivity contribution in [3.05, 3.63) is 84.2 Å². The van der Waals surface area contributed by atoms with Crippen molar-refractivity contribution in [2.75, 3.05) is 19.5 Å². The second-order valence-corrected chi connectivity index (χ2v) is 9.05. The number of benzene rings is 2. The number of nitrogens with one attached hydrogen (secondary N) is 3. The molecule has 11 nitrogen and oxygen atoms in total. The van der Waals surface area contributed by atoms with Gasteiger partial charge in [-0.1, -0.05) is 0 Å². The number of pyridine rings is 1. The van der Waals surface area contributed by atoms with Crippen LogP contribution in [0.25, 0.3) is 10.9 Å². The van der Waals surface area contributed by atoms with E-state index in [0.717, 1.165) is 25.0 Å². The van der Waals surface area contributed by atoms with Crippen LogP contribution in [0.3, 0.4) is 0 Å². The molecule has 2 aromatic heterocycles. The van der Waals surface area contributed by atoms with Crippen molar-refractivity contribution >= 4 is 34.0 Å². The lowest BCUT2D eigenvalue weighted by Gasteiger charge is -2.12. The monoisotopic (exact) mass is 556 g/mol. The first-order chi connectivity index (χ1) is 19.9. The first-order valence-corrected chi connectivity index (χ1v) is 12.5. The molecule has 3 N–H and O–H groups in total. The third kappa shape index (κ3) is 6.27. The van der Waals surface area contributed by atoms with E-state index in [-0.39, 0.29) is 28.9 Å². The Balaban J connectivity index is 1.32. The molecule has 5 rings (SSSR count). The van der Waals surface area contributed by atoms with E-state index in [1.807, 2.05) is 0 Å². The van der Waals surface area contributed by atoms with Crippen LogP contribution >= 0.6 is 0 Å². The highest BCUT2D eigenvalue weighted by atomic mass is 19.1. The summed E-state index contributed by atoms with van der Waals surface area (Å²) >= 11 is 0. The zero-order valence-corrected chi connectivity index (χ0v) is 22.1. The number of methoxy groups -OCH3 is 2. The number of rotatable bonds is 11. The van der Waals surface area contributed by atoms with Gasteiger partial charge >= 0.3 is 6.01 Å². The predicted molar refractivity (Wildman–Crippen MR) is 148 cm³/mol. The number of Topliss-reactive ketones (excluding diaryl/α,β-unsaturated/α-hetero) is 1. The minimum absolute atomic E-state index is 0.00520. The Morgan fingerprint density at radius 2 is 1.66 bits per heavy atom. The van der Waals surface area contributed by atoms with Crippen LogP contribution in [-0.2, 0) is 9.59 Å². The van der Waals surface area contributed by atoms with Crippen LogP contribution in [0, 0.1) is 11.2 Å². The molecule has 41 heavy (non-hydrogen) atoms. The zero-order chi connectivity index (χ0) is 28.9. The van der Waals surface area contributed by atoms with Gasteiger partial charge in [0.25, 0.3) is 5.91 Å². The fourth-order valence-corrected chi connectivity index (χ4v) is 3.83. The van der Waals surface area contributed by atoms with Gasteiger partial charge in [0, 0.05) is 35.5 Å². The summed E-state index contributed by atoms with van der Waals surface area (Å²) in [4.78, 5) is 38.9. The maximum absolute atomic E-state index is 13.3. The van der Waals surface area contributed by atoms with E-state index in [2.05, 4.69) is 25.6 Å². The van der Waals surface area contributed by atoms with Crippen LogP contribution in [0.15, 0.2) is 72.8 Å². The molecule has 1 fully saturated rings. The topological polar surface area (TPSA) is 148 Å². The highest BCUT2D eigenvalue weighted by molar-refractivity contribution is 6.55. The second kappa shape index (κ2) is 11.8. The van der Waals surface area contributed by atoms with Crippen LogP contribution < -0.4 is 24.8 Å². The first kappa shape index (κ1) is 27.2. The Hall–Kier alpha value is -5.39. The van der Waals surface area contributed by atoms with Gasteiger partial charge in [-0.3, -0.25) is 20.0 Å². The molecule has 1 aliphatic carbocycles. The number of amides is 1. The van der Waals surface area contributed by atoms with Gasteiger partial charge in [0.05, 0.1) is 37.8 Å². The zero-order valence-electron chi connectivity index (χ0n) is 22.1. The number of ether oxygens (including phenoxy) is 3. The molecule has 2 aromatic carbocycles. The van der Waals surface area contributed by atoms with Crippen molar-refractivity contribution in [2.45, 2.75) is 18.9 Å². The fourth-order valence-electron chi connectivity index (χ4n) is 3.83. The molecule has 208 valence electrons. The van der Waals surface area contributed by atoms with Crippen LogP contribution in [0.4, 0.5) is 10.1 Å². The van der Waals surface area contributed by atoms with Gasteiger partial charge in [-0.25, -0.2) is 14.4 Å². The normalized spacial score (nSPS) is 12.9. The van der Waals surface area contributed by atoms with E-state index in [1.54, 1.807) is 24.4 Å². The Morgan fingerprint density at radius 1 is 0.976 bits per heavy atom. The van der Waals surface area contributed by atoms with Gasteiger partial charge in [-0.05, 0) is 49.2 Å². The third-order valence-corrected chi connectivity index (χ3v) is 6.18. The Morgan fingerprint density at radius 3 is 2.32 bits per heavy atom. The number of carbonyl (C=O) groups is 2. The maximum atomic E-state index is 13.3. The van der Waals surface area contributed by atoms with Crippen molar-refractivity contribution in [2.24, 2.45) is 0 Å². The molecule has 0 saturated heterocycles. The SMILES string of the molecule is COc1cc2nccc(Oc3ncc(NC(=O)/C(=C/NC4CC4)C(=O)C(=N)c4ccc(F)cc4)cn3)c2cc1OC. The molecular formula is C29H25FN6O5. The minimum Gasteiger partial charge on any atom is -0.493 e. The van der Waals surface area contributed by atoms with Crippen molar-refractivity contribution < 1.29 is 28.2 Å². The van der Waals surface area contributed by atoms with E-state index in [9.17, 15) is 14.0 Å². The van der Waals surface area contributed by atoms with Crippen molar-refractivity contribution in [1.82, 2.24) is 20.3 Å². The lowest BCUT2D eigenvalue weighted by molar-refractivity contribution is -0.117. The van der Waals surface area contributed by atoms with E-state index < -0.39 is 23.2 Å². The summed E-state index contributed by atoms with van der Waals surface area (Å²) in [5.74, 6) is -0.628. The highest BCUT2D eigenvalue weighted by Gasteiger charge is 2.26. The van der Waals surface area contributed by atoms with Crippen molar-refractivity contribution in [3.8, 4) is 23.3 Å². The van der Waals surface area contributed by atoms with E-state index >= 15 is 0 Å². The molecule has 1 saturated carbocycles. The Labute approximate surface area is 233 Å². The number of hydrogen-bond donors (Lipinski definition) is 3. The molecule has 0 atom stereocenters. The Bertz CT molecular complexity index is 1650. The average molecular weight is 557 g/mol. The molecule has 12 heteroatoms. The molecule has 4 aromatic rings. The van der Waals surface area contributed by atoms with Gasteiger partial charge in [0.2, 0.25) is 5.78 Å². The van der Waals surface area contributed by atoms with Gasteiger partial charge in [-0.15, -0.1) is 0 Å². The number of hydrogen-bond acceptors (Lipinski definition) is 10. The number of carbonyl (C=O) groups excluding carboxylic acids is 2. The maximum Gasteiger partial charge on any atom is 0.322 e. The molecule has 1 aliphatic rings. The average Bonchev–Trinajstić information content (AvgIpc) is 3.82. The van der Waals surface area contributed by atoms with Gasteiger partial charge in [0.15, 0.2) is 11.5 Å².